The summed E-state index contributed by atoms with van der Waals surface area (Å²) in [4.78, 5) is 44.8. The van der Waals surface area contributed by atoms with Crippen LogP contribution in [0.2, 0.25) is 0 Å². The molecule has 4 rings (SSSR count). The number of nitrogens with zero attached hydrogens (tertiary/aromatic N) is 2. The van der Waals surface area contributed by atoms with Gasteiger partial charge in [0.15, 0.2) is 11.4 Å². The van der Waals surface area contributed by atoms with Crippen LogP contribution in [0, 0.1) is 19.7 Å². The normalized spacial score (nSPS) is 11.2. The number of esters is 1. The van der Waals surface area contributed by atoms with Crippen LogP contribution in [0.3, 0.4) is 0 Å². The third kappa shape index (κ3) is 3.36. The lowest BCUT2D eigenvalue weighted by Crippen LogP contribution is -2.20. The van der Waals surface area contributed by atoms with Gasteiger partial charge >= 0.3 is 5.97 Å². The van der Waals surface area contributed by atoms with Gasteiger partial charge in [-0.15, -0.1) is 11.3 Å². The molecule has 158 valence electrons. The van der Waals surface area contributed by atoms with Gasteiger partial charge in [-0.05, 0) is 50.6 Å². The Morgan fingerprint density at radius 1 is 1.23 bits per heavy atom. The summed E-state index contributed by atoms with van der Waals surface area (Å²) in [7, 11) is 0. The number of halogens is 1. The van der Waals surface area contributed by atoms with Crippen molar-refractivity contribution in [1.82, 2.24) is 9.38 Å². The number of aryl methyl sites for hydroxylation is 2. The zero-order valence-corrected chi connectivity index (χ0v) is 17.7. The summed E-state index contributed by atoms with van der Waals surface area (Å²) in [5.41, 5.74) is -0.0822. The second-order valence-electron chi connectivity index (χ2n) is 6.93. The van der Waals surface area contributed by atoms with Crippen LogP contribution < -0.4 is 5.56 Å². The minimum absolute atomic E-state index is 0.0530. The monoisotopic (exact) mass is 440 g/mol. The van der Waals surface area contributed by atoms with E-state index in [4.69, 9.17) is 4.74 Å². The molecule has 0 aliphatic rings. The number of rotatable bonds is 4. The summed E-state index contributed by atoms with van der Waals surface area (Å²) in [6.07, 6.45) is 1.24. The average Bonchev–Trinajstić information content (AvgIpc) is 3.02. The van der Waals surface area contributed by atoms with Gasteiger partial charge in [0, 0.05) is 16.6 Å². The Hall–Kier alpha value is -3.59. The fourth-order valence-corrected chi connectivity index (χ4v) is 4.36. The maximum absolute atomic E-state index is 13.7. The molecule has 1 N–H and O–H groups in total. The van der Waals surface area contributed by atoms with Crippen LogP contribution in [0.5, 0.6) is 5.75 Å². The van der Waals surface area contributed by atoms with Gasteiger partial charge in [0.05, 0.1) is 17.6 Å². The van der Waals surface area contributed by atoms with E-state index in [-0.39, 0.29) is 28.9 Å². The SMILES string of the molecule is CCOC(=O)c1cc(C(=O)c2cc(F)ccc2O)cn2c(=O)c3c(C)c(C)sc3nc12. The number of carbonyl (C=O) groups is 2. The van der Waals surface area contributed by atoms with Crippen molar-refractivity contribution in [1.29, 1.82) is 0 Å². The van der Waals surface area contributed by atoms with Crippen LogP contribution in [0.15, 0.2) is 35.3 Å². The topological polar surface area (TPSA) is 98.0 Å². The number of hydrogen-bond acceptors (Lipinski definition) is 7. The van der Waals surface area contributed by atoms with Crippen LogP contribution in [-0.4, -0.2) is 32.9 Å². The predicted molar refractivity (Wildman–Crippen MR) is 114 cm³/mol. The number of ether oxygens (including phenoxy) is 1. The zero-order valence-electron chi connectivity index (χ0n) is 16.9. The molecule has 3 heterocycles. The maximum Gasteiger partial charge on any atom is 0.341 e. The summed E-state index contributed by atoms with van der Waals surface area (Å²) in [6, 6.07) is 4.21. The predicted octanol–water partition coefficient (Wildman–Crippen LogP) is 3.78. The number of phenolic OH excluding ortho intramolecular Hbond substituents is 1. The van der Waals surface area contributed by atoms with E-state index in [9.17, 15) is 23.9 Å². The van der Waals surface area contributed by atoms with Crippen molar-refractivity contribution in [2.45, 2.75) is 20.8 Å². The number of ketones is 1. The standard InChI is InChI=1S/C22H17FN2O5S/c1-4-30-22(29)15-7-12(18(27)14-8-13(23)5-6-16(14)26)9-25-19(15)24-20-17(21(25)28)10(2)11(3)31-20/h5-9,26H,4H2,1-3H3. The molecule has 0 bridgehead atoms. The fourth-order valence-electron chi connectivity index (χ4n) is 3.34. The van der Waals surface area contributed by atoms with E-state index in [0.29, 0.717) is 10.2 Å². The Morgan fingerprint density at radius 3 is 2.68 bits per heavy atom. The Kier molecular flexibility index (Phi) is 5.06. The number of carbonyl (C=O) groups excluding carboxylic acids is 2. The smallest absolute Gasteiger partial charge is 0.341 e. The second kappa shape index (κ2) is 7.59. The van der Waals surface area contributed by atoms with Gasteiger partial charge in [-0.25, -0.2) is 14.2 Å². The highest BCUT2D eigenvalue weighted by molar-refractivity contribution is 7.18. The van der Waals surface area contributed by atoms with Gasteiger partial charge in [-0.2, -0.15) is 0 Å². The first-order chi connectivity index (χ1) is 14.7. The van der Waals surface area contributed by atoms with Crippen LogP contribution in [0.25, 0.3) is 15.9 Å². The maximum atomic E-state index is 13.7. The van der Waals surface area contributed by atoms with Crippen molar-refractivity contribution < 1.29 is 23.8 Å². The van der Waals surface area contributed by atoms with Crippen molar-refractivity contribution in [3.63, 3.8) is 0 Å². The van der Waals surface area contributed by atoms with Crippen LogP contribution >= 0.6 is 11.3 Å². The van der Waals surface area contributed by atoms with Crippen molar-refractivity contribution in [3.8, 4) is 5.75 Å². The minimum Gasteiger partial charge on any atom is -0.507 e. The van der Waals surface area contributed by atoms with E-state index in [1.165, 1.54) is 23.6 Å². The summed E-state index contributed by atoms with van der Waals surface area (Å²) < 4.78 is 19.9. The van der Waals surface area contributed by atoms with Gasteiger partial charge in [0.25, 0.3) is 5.56 Å². The molecule has 31 heavy (non-hydrogen) atoms. The molecule has 0 aliphatic heterocycles. The Balaban J connectivity index is 2.06. The third-order valence-corrected chi connectivity index (χ3v) is 6.11. The second-order valence-corrected chi connectivity index (χ2v) is 8.13. The average molecular weight is 440 g/mol. The third-order valence-electron chi connectivity index (χ3n) is 5.00. The van der Waals surface area contributed by atoms with Gasteiger partial charge in [-0.3, -0.25) is 14.0 Å². The number of thiophene rings is 1. The van der Waals surface area contributed by atoms with Crippen molar-refractivity contribution >= 4 is 39.0 Å². The highest BCUT2D eigenvalue weighted by Crippen LogP contribution is 2.28. The fraction of sp³-hybridized carbons (Fsp3) is 0.182. The number of benzene rings is 1. The molecule has 0 radical (unpaired) electrons. The molecule has 0 aliphatic carbocycles. The first-order valence-electron chi connectivity index (χ1n) is 9.39. The molecule has 0 amide bonds. The summed E-state index contributed by atoms with van der Waals surface area (Å²) >= 11 is 1.33. The summed E-state index contributed by atoms with van der Waals surface area (Å²) in [5.74, 6) is -2.64. The molecule has 0 spiro atoms. The molecular formula is C22H17FN2O5S. The van der Waals surface area contributed by atoms with Crippen LogP contribution in [0.4, 0.5) is 4.39 Å². The minimum atomic E-state index is -0.755. The molecule has 9 heteroatoms. The molecule has 0 unspecified atom stereocenters. The number of aromatic nitrogens is 2. The number of hydrogen-bond donors (Lipinski definition) is 1. The lowest BCUT2D eigenvalue weighted by Gasteiger charge is -2.11. The van der Waals surface area contributed by atoms with Gasteiger partial charge in [-0.1, -0.05) is 0 Å². The first-order valence-corrected chi connectivity index (χ1v) is 10.2. The number of fused-ring (bicyclic) bond motifs is 2. The van der Waals surface area contributed by atoms with Crippen LogP contribution in [-0.2, 0) is 4.74 Å². The highest BCUT2D eigenvalue weighted by Gasteiger charge is 2.23. The number of aromatic hydroxyl groups is 1. The van der Waals surface area contributed by atoms with Gasteiger partial charge in [0.2, 0.25) is 0 Å². The molecule has 4 aromatic rings. The molecule has 0 saturated heterocycles. The molecule has 0 atom stereocenters. The van der Waals surface area contributed by atoms with Crippen molar-refractivity contribution in [2.75, 3.05) is 6.61 Å². The van der Waals surface area contributed by atoms with E-state index in [2.05, 4.69) is 4.98 Å². The largest absolute Gasteiger partial charge is 0.507 e. The highest BCUT2D eigenvalue weighted by atomic mass is 32.1. The Labute approximate surface area is 179 Å². The quantitative estimate of drug-likeness (QED) is 0.383. The van der Waals surface area contributed by atoms with E-state index in [1.807, 2.05) is 6.92 Å². The number of pyridine rings is 1. The first kappa shape index (κ1) is 20.7. The lowest BCUT2D eigenvalue weighted by atomic mass is 10.0. The molecule has 0 fully saturated rings. The van der Waals surface area contributed by atoms with Crippen molar-refractivity contribution in [2.24, 2.45) is 0 Å². The van der Waals surface area contributed by atoms with Crippen molar-refractivity contribution in [3.05, 3.63) is 73.8 Å². The zero-order chi connectivity index (χ0) is 22.4. The van der Waals surface area contributed by atoms with E-state index in [1.54, 1.807) is 13.8 Å². The molecule has 0 saturated carbocycles. The molecule has 3 aromatic heterocycles. The molecule has 7 nitrogen and oxygen atoms in total. The molecule has 1 aromatic carbocycles. The lowest BCUT2D eigenvalue weighted by molar-refractivity contribution is 0.0528. The Morgan fingerprint density at radius 2 is 1.97 bits per heavy atom. The van der Waals surface area contributed by atoms with Crippen LogP contribution in [0.1, 0.15) is 43.6 Å². The summed E-state index contributed by atoms with van der Waals surface area (Å²) in [5, 5.41) is 10.4. The number of phenols is 1. The van der Waals surface area contributed by atoms with Gasteiger partial charge < -0.3 is 9.84 Å². The summed E-state index contributed by atoms with van der Waals surface area (Å²) in [6.45, 7) is 5.38. The van der Waals surface area contributed by atoms with E-state index < -0.39 is 28.9 Å². The van der Waals surface area contributed by atoms with E-state index in [0.717, 1.165) is 33.0 Å². The Bertz CT molecular complexity index is 1450. The van der Waals surface area contributed by atoms with Gasteiger partial charge in [0.1, 0.15) is 22.0 Å². The van der Waals surface area contributed by atoms with E-state index >= 15 is 0 Å². The molecular weight excluding hydrogens is 423 g/mol.